The van der Waals surface area contributed by atoms with Gasteiger partial charge in [-0.3, -0.25) is 19.3 Å². The zero-order valence-electron chi connectivity index (χ0n) is 18.3. The third-order valence-corrected chi connectivity index (χ3v) is 6.59. The average Bonchev–Trinajstić information content (AvgIpc) is 3.65. The zero-order valence-corrected chi connectivity index (χ0v) is 18.3. The molecule has 0 atom stereocenters. The fourth-order valence-electron chi connectivity index (χ4n) is 4.61. The summed E-state index contributed by atoms with van der Waals surface area (Å²) in [7, 11) is 1.62. The molecule has 1 aliphatic carbocycles. The highest BCUT2D eigenvalue weighted by Gasteiger charge is 2.39. The molecule has 166 valence electrons. The van der Waals surface area contributed by atoms with E-state index in [1.807, 2.05) is 41.3 Å². The lowest BCUT2D eigenvalue weighted by atomic mass is 10.1. The first-order valence-electron chi connectivity index (χ1n) is 11.2. The second kappa shape index (κ2) is 8.30. The molecule has 2 heterocycles. The van der Waals surface area contributed by atoms with Crippen LogP contribution in [0.1, 0.15) is 39.1 Å². The van der Waals surface area contributed by atoms with E-state index in [9.17, 15) is 14.4 Å². The largest absolute Gasteiger partial charge is 0.497 e. The molecule has 1 saturated heterocycles. The van der Waals surface area contributed by atoms with Crippen LogP contribution in [-0.4, -0.2) is 67.4 Å². The second-order valence-electron chi connectivity index (χ2n) is 8.65. The Labute approximate surface area is 187 Å². The third-order valence-electron chi connectivity index (χ3n) is 6.59. The molecule has 0 unspecified atom stereocenters. The van der Waals surface area contributed by atoms with Crippen molar-refractivity contribution in [2.24, 2.45) is 5.92 Å². The van der Waals surface area contributed by atoms with Crippen molar-refractivity contribution in [1.29, 1.82) is 0 Å². The minimum atomic E-state index is -0.239. The Balaban J connectivity index is 1.30. The summed E-state index contributed by atoms with van der Waals surface area (Å²) in [5.74, 6) is 0.765. The predicted molar refractivity (Wildman–Crippen MR) is 120 cm³/mol. The van der Waals surface area contributed by atoms with E-state index < -0.39 is 0 Å². The van der Waals surface area contributed by atoms with Crippen LogP contribution in [0.2, 0.25) is 0 Å². The standard InChI is InChI=1S/C25H27N3O4/c1-32-19-5-2-4-17(16-19)10-11-28-24(30)20-6-3-7-21(22(20)25(28)31)26-12-14-27(15-13-26)23(29)18-8-9-18/h2-7,16,18H,8-15H2,1H3. The van der Waals surface area contributed by atoms with Gasteiger partial charge in [-0.2, -0.15) is 0 Å². The highest BCUT2D eigenvalue weighted by Crippen LogP contribution is 2.34. The number of benzene rings is 2. The van der Waals surface area contributed by atoms with Gasteiger partial charge in [0.1, 0.15) is 5.75 Å². The van der Waals surface area contributed by atoms with E-state index in [0.717, 1.165) is 29.8 Å². The van der Waals surface area contributed by atoms with E-state index >= 15 is 0 Å². The summed E-state index contributed by atoms with van der Waals surface area (Å²) in [6.07, 6.45) is 2.58. The fraction of sp³-hybridized carbons (Fsp3) is 0.400. The minimum Gasteiger partial charge on any atom is -0.497 e. The van der Waals surface area contributed by atoms with Gasteiger partial charge < -0.3 is 14.5 Å². The SMILES string of the molecule is COc1cccc(CCN2C(=O)c3cccc(N4CCN(C(=O)C5CC5)CC4)c3C2=O)c1. The lowest BCUT2D eigenvalue weighted by Gasteiger charge is -2.36. The number of carbonyl (C=O) groups is 3. The molecule has 7 heteroatoms. The molecule has 0 aromatic heterocycles. The molecule has 7 nitrogen and oxygen atoms in total. The maximum Gasteiger partial charge on any atom is 0.263 e. The van der Waals surface area contributed by atoms with Gasteiger partial charge in [-0.1, -0.05) is 18.2 Å². The lowest BCUT2D eigenvalue weighted by molar-refractivity contribution is -0.132. The Morgan fingerprint density at radius 1 is 1.00 bits per heavy atom. The Bertz CT molecular complexity index is 1070. The van der Waals surface area contributed by atoms with Crippen molar-refractivity contribution in [3.05, 3.63) is 59.2 Å². The number of carbonyl (C=O) groups excluding carboxylic acids is 3. The molecule has 0 bridgehead atoms. The smallest absolute Gasteiger partial charge is 0.263 e. The van der Waals surface area contributed by atoms with Gasteiger partial charge in [0.2, 0.25) is 5.91 Å². The van der Waals surface area contributed by atoms with Crippen LogP contribution >= 0.6 is 0 Å². The number of imide groups is 1. The van der Waals surface area contributed by atoms with Crippen molar-refractivity contribution < 1.29 is 19.1 Å². The number of fused-ring (bicyclic) bond motifs is 1. The summed E-state index contributed by atoms with van der Waals surface area (Å²) in [6, 6.07) is 13.1. The van der Waals surface area contributed by atoms with Crippen LogP contribution in [-0.2, 0) is 11.2 Å². The molecule has 3 aliphatic rings. The Hall–Kier alpha value is -3.35. The van der Waals surface area contributed by atoms with Crippen LogP contribution in [0.25, 0.3) is 0 Å². The maximum atomic E-state index is 13.3. The number of hydrogen-bond acceptors (Lipinski definition) is 5. The van der Waals surface area contributed by atoms with Crippen molar-refractivity contribution in [2.45, 2.75) is 19.3 Å². The number of ether oxygens (including phenoxy) is 1. The van der Waals surface area contributed by atoms with E-state index in [1.54, 1.807) is 13.2 Å². The van der Waals surface area contributed by atoms with Gasteiger partial charge in [-0.25, -0.2) is 0 Å². The minimum absolute atomic E-state index is 0.222. The molecule has 2 aliphatic heterocycles. The summed E-state index contributed by atoms with van der Waals surface area (Å²) in [5, 5.41) is 0. The molecule has 32 heavy (non-hydrogen) atoms. The predicted octanol–water partition coefficient (Wildman–Crippen LogP) is 2.59. The highest BCUT2D eigenvalue weighted by molar-refractivity contribution is 6.23. The number of hydrogen-bond donors (Lipinski definition) is 0. The van der Waals surface area contributed by atoms with Crippen LogP contribution in [0.3, 0.4) is 0 Å². The topological polar surface area (TPSA) is 70.2 Å². The van der Waals surface area contributed by atoms with Gasteiger partial charge in [0.25, 0.3) is 11.8 Å². The first-order valence-corrected chi connectivity index (χ1v) is 11.2. The van der Waals surface area contributed by atoms with Crippen LogP contribution in [0, 0.1) is 5.92 Å². The zero-order chi connectivity index (χ0) is 22.2. The van der Waals surface area contributed by atoms with Crippen molar-refractivity contribution >= 4 is 23.4 Å². The molecule has 5 rings (SSSR count). The van der Waals surface area contributed by atoms with Crippen LogP contribution in [0.4, 0.5) is 5.69 Å². The number of amides is 3. The van der Waals surface area contributed by atoms with Crippen LogP contribution in [0.5, 0.6) is 5.75 Å². The van der Waals surface area contributed by atoms with Crippen molar-refractivity contribution in [2.75, 3.05) is 44.7 Å². The Kier molecular flexibility index (Phi) is 5.33. The Morgan fingerprint density at radius 2 is 1.75 bits per heavy atom. The van der Waals surface area contributed by atoms with E-state index in [4.69, 9.17) is 4.74 Å². The number of piperazine rings is 1. The van der Waals surface area contributed by atoms with Crippen LogP contribution in [0.15, 0.2) is 42.5 Å². The van der Waals surface area contributed by atoms with E-state index in [-0.39, 0.29) is 23.6 Å². The Morgan fingerprint density at radius 3 is 2.47 bits per heavy atom. The molecule has 0 spiro atoms. The van der Waals surface area contributed by atoms with Gasteiger partial charge >= 0.3 is 0 Å². The maximum absolute atomic E-state index is 13.3. The number of nitrogens with zero attached hydrogens (tertiary/aromatic N) is 3. The number of anilines is 1. The van der Waals surface area contributed by atoms with Gasteiger partial charge in [0.15, 0.2) is 0 Å². The molecule has 0 N–H and O–H groups in total. The normalized spacial score (nSPS) is 18.2. The summed E-state index contributed by atoms with van der Waals surface area (Å²) in [6.45, 7) is 2.96. The highest BCUT2D eigenvalue weighted by atomic mass is 16.5. The first kappa shape index (κ1) is 20.5. The van der Waals surface area contributed by atoms with Crippen molar-refractivity contribution in [1.82, 2.24) is 9.80 Å². The van der Waals surface area contributed by atoms with Crippen molar-refractivity contribution in [3.63, 3.8) is 0 Å². The second-order valence-corrected chi connectivity index (χ2v) is 8.65. The molecule has 0 radical (unpaired) electrons. The summed E-state index contributed by atoms with van der Waals surface area (Å²) >= 11 is 0. The number of methoxy groups -OCH3 is 1. The van der Waals surface area contributed by atoms with E-state index in [0.29, 0.717) is 50.3 Å². The fourth-order valence-corrected chi connectivity index (χ4v) is 4.61. The first-order chi connectivity index (χ1) is 15.6. The average molecular weight is 434 g/mol. The summed E-state index contributed by atoms with van der Waals surface area (Å²) < 4.78 is 5.26. The molecule has 1 saturated carbocycles. The summed E-state index contributed by atoms with van der Waals surface area (Å²) in [5.41, 5.74) is 2.76. The van der Waals surface area contributed by atoms with Gasteiger partial charge in [0.05, 0.1) is 23.9 Å². The lowest BCUT2D eigenvalue weighted by Crippen LogP contribution is -2.49. The molecular weight excluding hydrogens is 406 g/mol. The molecule has 3 amide bonds. The molecular formula is C25H27N3O4. The van der Waals surface area contributed by atoms with Gasteiger partial charge in [-0.15, -0.1) is 0 Å². The quantitative estimate of drug-likeness (QED) is 0.655. The van der Waals surface area contributed by atoms with Crippen LogP contribution < -0.4 is 9.64 Å². The van der Waals surface area contributed by atoms with E-state index in [1.165, 1.54) is 4.90 Å². The monoisotopic (exact) mass is 433 g/mol. The molecule has 2 aromatic carbocycles. The number of rotatable bonds is 6. The molecule has 2 aromatic rings. The molecule has 2 fully saturated rings. The summed E-state index contributed by atoms with van der Waals surface area (Å²) in [4.78, 5) is 44.1. The van der Waals surface area contributed by atoms with Gasteiger partial charge in [0, 0.05) is 38.6 Å². The third kappa shape index (κ3) is 3.72. The van der Waals surface area contributed by atoms with Crippen molar-refractivity contribution in [3.8, 4) is 5.75 Å². The van der Waals surface area contributed by atoms with E-state index in [2.05, 4.69) is 4.90 Å². The van der Waals surface area contributed by atoms with Gasteiger partial charge in [-0.05, 0) is 49.1 Å².